The fourth-order valence-corrected chi connectivity index (χ4v) is 2.42. The molecule has 19 heavy (non-hydrogen) atoms. The summed E-state index contributed by atoms with van der Waals surface area (Å²) >= 11 is 0. The van der Waals surface area contributed by atoms with Crippen LogP contribution >= 0.6 is 0 Å². The summed E-state index contributed by atoms with van der Waals surface area (Å²) in [7, 11) is 0. The lowest BCUT2D eigenvalue weighted by Gasteiger charge is -2.31. The van der Waals surface area contributed by atoms with Gasteiger partial charge in [-0.2, -0.15) is 0 Å². The van der Waals surface area contributed by atoms with E-state index in [9.17, 15) is 0 Å². The molecule has 1 heterocycles. The SMILES string of the molecule is CC(C)CN(c1ccnc2c(N)cccc12)C(C)C. The van der Waals surface area contributed by atoms with Crippen molar-refractivity contribution >= 4 is 22.3 Å². The molecule has 0 saturated carbocycles. The molecule has 1 aromatic heterocycles. The largest absolute Gasteiger partial charge is 0.397 e. The van der Waals surface area contributed by atoms with Crippen molar-refractivity contribution in [3.8, 4) is 0 Å². The van der Waals surface area contributed by atoms with Gasteiger partial charge in [0.1, 0.15) is 0 Å². The van der Waals surface area contributed by atoms with Crippen LogP contribution in [0, 0.1) is 5.92 Å². The summed E-state index contributed by atoms with van der Waals surface area (Å²) in [4.78, 5) is 6.84. The Morgan fingerprint density at radius 1 is 1.16 bits per heavy atom. The van der Waals surface area contributed by atoms with Crippen molar-refractivity contribution in [3.63, 3.8) is 0 Å². The highest BCUT2D eigenvalue weighted by molar-refractivity contribution is 5.98. The highest BCUT2D eigenvalue weighted by atomic mass is 15.2. The molecule has 3 heteroatoms. The highest BCUT2D eigenvalue weighted by Crippen LogP contribution is 2.30. The number of para-hydroxylation sites is 1. The molecule has 0 amide bonds. The number of benzene rings is 1. The molecule has 0 aliphatic heterocycles. The molecule has 0 bridgehead atoms. The number of hydrogen-bond acceptors (Lipinski definition) is 3. The molecule has 0 spiro atoms. The van der Waals surface area contributed by atoms with E-state index < -0.39 is 0 Å². The van der Waals surface area contributed by atoms with Crippen LogP contribution in [0.15, 0.2) is 30.5 Å². The third kappa shape index (κ3) is 2.80. The predicted molar refractivity (Wildman–Crippen MR) is 83.5 cm³/mol. The summed E-state index contributed by atoms with van der Waals surface area (Å²) in [6, 6.07) is 8.54. The Hall–Kier alpha value is -1.77. The maximum Gasteiger partial charge on any atom is 0.0951 e. The van der Waals surface area contributed by atoms with Crippen LogP contribution in [0.1, 0.15) is 27.7 Å². The van der Waals surface area contributed by atoms with Gasteiger partial charge in [-0.1, -0.05) is 26.0 Å². The average molecular weight is 257 g/mol. The van der Waals surface area contributed by atoms with E-state index in [0.29, 0.717) is 12.0 Å². The second kappa shape index (κ2) is 5.47. The smallest absolute Gasteiger partial charge is 0.0951 e. The van der Waals surface area contributed by atoms with Gasteiger partial charge in [-0.05, 0) is 31.9 Å². The van der Waals surface area contributed by atoms with Crippen LogP contribution < -0.4 is 10.6 Å². The fourth-order valence-electron chi connectivity index (χ4n) is 2.42. The van der Waals surface area contributed by atoms with Crippen molar-refractivity contribution < 1.29 is 0 Å². The number of nitrogens with zero attached hydrogens (tertiary/aromatic N) is 2. The van der Waals surface area contributed by atoms with Gasteiger partial charge in [-0.25, -0.2) is 0 Å². The first-order valence-corrected chi connectivity index (χ1v) is 6.90. The number of hydrogen-bond donors (Lipinski definition) is 1. The van der Waals surface area contributed by atoms with Crippen molar-refractivity contribution in [2.45, 2.75) is 33.7 Å². The van der Waals surface area contributed by atoms with Crippen molar-refractivity contribution in [1.82, 2.24) is 4.98 Å². The van der Waals surface area contributed by atoms with Crippen LogP contribution in [-0.2, 0) is 0 Å². The number of nitrogens with two attached hydrogens (primary N) is 1. The van der Waals surface area contributed by atoms with Gasteiger partial charge >= 0.3 is 0 Å². The zero-order chi connectivity index (χ0) is 14.0. The van der Waals surface area contributed by atoms with Crippen molar-refractivity contribution in [3.05, 3.63) is 30.5 Å². The van der Waals surface area contributed by atoms with Crippen LogP contribution in [0.25, 0.3) is 10.9 Å². The summed E-state index contributed by atoms with van der Waals surface area (Å²) < 4.78 is 0. The van der Waals surface area contributed by atoms with Crippen molar-refractivity contribution in [2.75, 3.05) is 17.2 Å². The van der Waals surface area contributed by atoms with Gasteiger partial charge in [-0.3, -0.25) is 4.98 Å². The van der Waals surface area contributed by atoms with E-state index in [0.717, 1.165) is 23.1 Å². The Labute approximate surface area is 115 Å². The van der Waals surface area contributed by atoms with E-state index in [1.165, 1.54) is 5.69 Å². The highest BCUT2D eigenvalue weighted by Gasteiger charge is 2.15. The quantitative estimate of drug-likeness (QED) is 0.849. The standard InChI is InChI=1S/C16H23N3/c1-11(2)10-19(12(3)4)15-8-9-18-16-13(15)6-5-7-14(16)17/h5-9,11-12H,10,17H2,1-4H3. The minimum atomic E-state index is 0.453. The molecule has 102 valence electrons. The summed E-state index contributed by atoms with van der Waals surface area (Å²) in [6.07, 6.45) is 1.85. The first-order valence-electron chi connectivity index (χ1n) is 6.90. The zero-order valence-corrected chi connectivity index (χ0v) is 12.2. The maximum absolute atomic E-state index is 6.02. The molecule has 0 fully saturated rings. The molecule has 2 aromatic rings. The number of rotatable bonds is 4. The average Bonchev–Trinajstić information content (AvgIpc) is 2.35. The minimum absolute atomic E-state index is 0.453. The Kier molecular flexibility index (Phi) is 3.93. The van der Waals surface area contributed by atoms with Crippen LogP contribution in [0.2, 0.25) is 0 Å². The number of fused-ring (bicyclic) bond motifs is 1. The van der Waals surface area contributed by atoms with Gasteiger partial charge in [0.2, 0.25) is 0 Å². The van der Waals surface area contributed by atoms with Gasteiger partial charge in [0, 0.05) is 29.9 Å². The maximum atomic E-state index is 6.02. The Morgan fingerprint density at radius 3 is 2.53 bits per heavy atom. The summed E-state index contributed by atoms with van der Waals surface area (Å²) in [5.74, 6) is 0.617. The Balaban J connectivity index is 2.56. The first kappa shape index (κ1) is 13.7. The Morgan fingerprint density at radius 2 is 1.89 bits per heavy atom. The molecule has 0 unspecified atom stereocenters. The second-order valence-electron chi connectivity index (χ2n) is 5.71. The van der Waals surface area contributed by atoms with Crippen molar-refractivity contribution in [2.24, 2.45) is 5.92 Å². The summed E-state index contributed by atoms with van der Waals surface area (Å²) in [5.41, 5.74) is 8.89. The lowest BCUT2D eigenvalue weighted by Crippen LogP contribution is -2.34. The van der Waals surface area contributed by atoms with Crippen LogP contribution in [0.5, 0.6) is 0 Å². The molecule has 0 radical (unpaired) electrons. The molecule has 2 rings (SSSR count). The number of nitrogen functional groups attached to an aromatic ring is 1. The van der Waals surface area contributed by atoms with Gasteiger partial charge < -0.3 is 10.6 Å². The van der Waals surface area contributed by atoms with E-state index in [1.807, 2.05) is 18.3 Å². The molecular formula is C16H23N3. The first-order chi connectivity index (χ1) is 9.00. The monoisotopic (exact) mass is 257 g/mol. The van der Waals surface area contributed by atoms with Gasteiger partial charge in [0.25, 0.3) is 0 Å². The van der Waals surface area contributed by atoms with E-state index in [-0.39, 0.29) is 0 Å². The molecule has 1 aromatic carbocycles. The molecule has 0 saturated heterocycles. The molecule has 0 atom stereocenters. The topological polar surface area (TPSA) is 42.2 Å². The minimum Gasteiger partial charge on any atom is -0.397 e. The third-order valence-electron chi connectivity index (χ3n) is 3.27. The van der Waals surface area contributed by atoms with Gasteiger partial charge in [-0.15, -0.1) is 0 Å². The summed E-state index contributed by atoms with van der Waals surface area (Å²) in [5, 5.41) is 1.14. The molecule has 0 aliphatic rings. The molecular weight excluding hydrogens is 234 g/mol. The third-order valence-corrected chi connectivity index (χ3v) is 3.27. The van der Waals surface area contributed by atoms with Gasteiger partial charge in [0.05, 0.1) is 11.2 Å². The molecule has 3 nitrogen and oxygen atoms in total. The second-order valence-corrected chi connectivity index (χ2v) is 5.71. The van der Waals surface area contributed by atoms with Crippen LogP contribution in [-0.4, -0.2) is 17.6 Å². The fraction of sp³-hybridized carbons (Fsp3) is 0.438. The van der Waals surface area contributed by atoms with E-state index in [4.69, 9.17) is 5.73 Å². The van der Waals surface area contributed by atoms with E-state index >= 15 is 0 Å². The lowest BCUT2D eigenvalue weighted by molar-refractivity contribution is 0.572. The predicted octanol–water partition coefficient (Wildman–Crippen LogP) is 3.69. The normalized spacial score (nSPS) is 11.5. The Bertz CT molecular complexity index is 561. The molecule has 2 N–H and O–H groups in total. The van der Waals surface area contributed by atoms with E-state index in [2.05, 4.69) is 49.7 Å². The van der Waals surface area contributed by atoms with E-state index in [1.54, 1.807) is 0 Å². The molecule has 0 aliphatic carbocycles. The van der Waals surface area contributed by atoms with Crippen LogP contribution in [0.3, 0.4) is 0 Å². The van der Waals surface area contributed by atoms with Crippen LogP contribution in [0.4, 0.5) is 11.4 Å². The van der Waals surface area contributed by atoms with Crippen molar-refractivity contribution in [1.29, 1.82) is 0 Å². The number of anilines is 2. The number of aromatic nitrogens is 1. The number of pyridine rings is 1. The zero-order valence-electron chi connectivity index (χ0n) is 12.2. The summed E-state index contributed by atoms with van der Waals surface area (Å²) in [6.45, 7) is 9.97. The van der Waals surface area contributed by atoms with Gasteiger partial charge in [0.15, 0.2) is 0 Å². The lowest BCUT2D eigenvalue weighted by atomic mass is 10.1.